The molecule has 0 heterocycles. The molecule has 0 aliphatic rings. The summed E-state index contributed by atoms with van der Waals surface area (Å²) in [5.41, 5.74) is 4.52. The molecule has 0 saturated carbocycles. The van der Waals surface area contributed by atoms with Crippen LogP contribution in [0.5, 0.6) is 11.5 Å². The summed E-state index contributed by atoms with van der Waals surface area (Å²) in [5, 5.41) is 0. The summed E-state index contributed by atoms with van der Waals surface area (Å²) in [6.07, 6.45) is 13.1. The van der Waals surface area contributed by atoms with E-state index in [0.29, 0.717) is 18.8 Å². The van der Waals surface area contributed by atoms with Gasteiger partial charge in [0.25, 0.3) is 0 Å². The predicted molar refractivity (Wildman–Crippen MR) is 140 cm³/mol. The highest BCUT2D eigenvalue weighted by molar-refractivity contribution is 5.74. The van der Waals surface area contributed by atoms with Crippen LogP contribution in [0.1, 0.15) is 58.3 Å². The Morgan fingerprint density at radius 3 is 1.62 bits per heavy atom. The number of ether oxygens (including phenoxy) is 2. The zero-order valence-corrected chi connectivity index (χ0v) is 20.1. The number of rotatable bonds is 13. The lowest BCUT2D eigenvalue weighted by atomic mass is 10.0. The Hall–Kier alpha value is -3.51. The van der Waals surface area contributed by atoms with Gasteiger partial charge in [-0.2, -0.15) is 0 Å². The van der Waals surface area contributed by atoms with Gasteiger partial charge in [-0.1, -0.05) is 74.2 Å². The first-order valence-electron chi connectivity index (χ1n) is 12.3. The normalized spacial score (nSPS) is 10.5. The molecule has 3 heteroatoms. The fourth-order valence-corrected chi connectivity index (χ4v) is 3.87. The van der Waals surface area contributed by atoms with Crippen LogP contribution in [0.15, 0.2) is 72.8 Å². The van der Waals surface area contributed by atoms with E-state index in [1.165, 1.54) is 12.8 Å². The number of benzene rings is 3. The molecular weight excluding hydrogens is 420 g/mol. The van der Waals surface area contributed by atoms with Gasteiger partial charge < -0.3 is 9.47 Å². The first kappa shape index (κ1) is 25.1. The van der Waals surface area contributed by atoms with Gasteiger partial charge in [0.1, 0.15) is 11.5 Å². The van der Waals surface area contributed by atoms with Crippen LogP contribution in [0.4, 0.5) is 0 Å². The van der Waals surface area contributed by atoms with Gasteiger partial charge in [0.05, 0.1) is 6.61 Å². The molecule has 0 N–H and O–H groups in total. The van der Waals surface area contributed by atoms with E-state index in [1.54, 1.807) is 0 Å². The van der Waals surface area contributed by atoms with Crippen LogP contribution >= 0.6 is 0 Å². The lowest BCUT2D eigenvalue weighted by Gasteiger charge is -2.08. The maximum absolute atomic E-state index is 12.1. The van der Waals surface area contributed by atoms with E-state index in [0.717, 1.165) is 60.1 Å². The monoisotopic (exact) mass is 454 g/mol. The molecule has 0 fully saturated rings. The van der Waals surface area contributed by atoms with E-state index >= 15 is 0 Å². The molecule has 3 nitrogen and oxygen atoms in total. The first-order chi connectivity index (χ1) is 16.7. The van der Waals surface area contributed by atoms with Gasteiger partial charge in [0.2, 0.25) is 0 Å². The Morgan fingerprint density at radius 1 is 0.676 bits per heavy atom. The van der Waals surface area contributed by atoms with Crippen LogP contribution in [-0.2, 0) is 4.79 Å². The molecule has 0 aliphatic carbocycles. The summed E-state index contributed by atoms with van der Waals surface area (Å²) in [5.74, 6) is 3.98. The second-order valence-corrected chi connectivity index (χ2v) is 8.36. The molecule has 176 valence electrons. The van der Waals surface area contributed by atoms with Crippen molar-refractivity contribution in [2.24, 2.45) is 0 Å². The minimum absolute atomic E-state index is 0.167. The van der Waals surface area contributed by atoms with Gasteiger partial charge in [-0.05, 0) is 66.3 Å². The molecule has 0 aromatic heterocycles. The van der Waals surface area contributed by atoms with Gasteiger partial charge in [-0.25, -0.2) is 0 Å². The zero-order chi connectivity index (χ0) is 24.0. The molecule has 0 spiro atoms. The highest BCUT2D eigenvalue weighted by Crippen LogP contribution is 2.27. The minimum Gasteiger partial charge on any atom is -0.494 e. The smallest absolute Gasteiger partial charge is 0.311 e. The molecule has 0 radical (unpaired) electrons. The van der Waals surface area contributed by atoms with Crippen molar-refractivity contribution in [3.63, 3.8) is 0 Å². The maximum atomic E-state index is 12.1. The number of carbonyl (C=O) groups excluding carboxylic acids is 1. The van der Waals surface area contributed by atoms with Crippen LogP contribution in [0.25, 0.3) is 22.3 Å². The number of terminal acetylenes is 1. The second kappa shape index (κ2) is 13.9. The Kier molecular flexibility index (Phi) is 10.3. The molecule has 3 rings (SSSR count). The van der Waals surface area contributed by atoms with Crippen molar-refractivity contribution in [3.8, 4) is 46.1 Å². The van der Waals surface area contributed by atoms with Crippen molar-refractivity contribution in [1.82, 2.24) is 0 Å². The van der Waals surface area contributed by atoms with Gasteiger partial charge in [0.15, 0.2) is 0 Å². The third-order valence-electron chi connectivity index (χ3n) is 5.75. The molecule has 0 amide bonds. The Bertz CT molecular complexity index is 1040. The molecule has 0 bridgehead atoms. The van der Waals surface area contributed by atoms with Crippen molar-refractivity contribution in [3.05, 3.63) is 72.8 Å². The van der Waals surface area contributed by atoms with E-state index in [9.17, 15) is 4.79 Å². The largest absolute Gasteiger partial charge is 0.494 e. The topological polar surface area (TPSA) is 35.5 Å². The summed E-state index contributed by atoms with van der Waals surface area (Å²) < 4.78 is 11.0. The molecule has 0 unspecified atom stereocenters. The van der Waals surface area contributed by atoms with E-state index in [4.69, 9.17) is 15.9 Å². The van der Waals surface area contributed by atoms with Crippen LogP contribution in [0, 0.1) is 12.3 Å². The Balaban J connectivity index is 1.45. The molecule has 0 aliphatic heterocycles. The molecular formula is C31H34O3. The fourth-order valence-electron chi connectivity index (χ4n) is 3.87. The Morgan fingerprint density at radius 2 is 1.12 bits per heavy atom. The van der Waals surface area contributed by atoms with Crippen LogP contribution in [0.2, 0.25) is 0 Å². The number of hydrogen-bond donors (Lipinski definition) is 0. The first-order valence-corrected chi connectivity index (χ1v) is 12.3. The third-order valence-corrected chi connectivity index (χ3v) is 5.75. The van der Waals surface area contributed by atoms with Crippen LogP contribution in [0.3, 0.4) is 0 Å². The molecule has 0 saturated heterocycles. The van der Waals surface area contributed by atoms with Gasteiger partial charge in [-0.15, -0.1) is 12.3 Å². The fraction of sp³-hybridized carbons (Fsp3) is 0.323. The van der Waals surface area contributed by atoms with Crippen molar-refractivity contribution in [2.75, 3.05) is 6.61 Å². The second-order valence-electron chi connectivity index (χ2n) is 8.36. The van der Waals surface area contributed by atoms with Crippen LogP contribution in [-0.4, -0.2) is 12.6 Å². The zero-order valence-electron chi connectivity index (χ0n) is 20.1. The lowest BCUT2D eigenvalue weighted by Crippen LogP contribution is -2.07. The van der Waals surface area contributed by atoms with Crippen molar-refractivity contribution >= 4 is 5.97 Å². The minimum atomic E-state index is -0.167. The summed E-state index contributed by atoms with van der Waals surface area (Å²) >= 11 is 0. The standard InChI is InChI=1S/C31H34O3/c1-3-5-6-7-8-9-10-11-12-31(32)34-30-23-19-28(20-24-30)26-15-13-25(14-16-26)27-17-21-29(22-18-27)33-4-2/h1,13-24H,4-12H2,2H3. The quantitative estimate of drug-likeness (QED) is 0.113. The summed E-state index contributed by atoms with van der Waals surface area (Å²) in [4.78, 5) is 12.1. The Labute approximate surface area is 204 Å². The van der Waals surface area contributed by atoms with E-state index < -0.39 is 0 Å². The number of hydrogen-bond acceptors (Lipinski definition) is 3. The molecule has 0 atom stereocenters. The van der Waals surface area contributed by atoms with Gasteiger partial charge >= 0.3 is 5.97 Å². The highest BCUT2D eigenvalue weighted by atomic mass is 16.5. The van der Waals surface area contributed by atoms with Crippen molar-refractivity contribution in [1.29, 1.82) is 0 Å². The van der Waals surface area contributed by atoms with Crippen molar-refractivity contribution in [2.45, 2.75) is 58.3 Å². The summed E-state index contributed by atoms with van der Waals surface area (Å²) in [6, 6.07) is 24.3. The van der Waals surface area contributed by atoms with Gasteiger partial charge in [0, 0.05) is 12.8 Å². The average Bonchev–Trinajstić information content (AvgIpc) is 2.87. The SMILES string of the molecule is C#CCCCCCCCCC(=O)Oc1ccc(-c2ccc(-c3ccc(OCC)cc3)cc2)cc1. The number of unbranched alkanes of at least 4 members (excludes halogenated alkanes) is 6. The van der Waals surface area contributed by atoms with Crippen LogP contribution < -0.4 is 9.47 Å². The van der Waals surface area contributed by atoms with Gasteiger partial charge in [-0.3, -0.25) is 4.79 Å². The van der Waals surface area contributed by atoms with E-state index in [2.05, 4.69) is 42.3 Å². The third kappa shape index (κ3) is 8.12. The molecule has 3 aromatic rings. The average molecular weight is 455 g/mol. The lowest BCUT2D eigenvalue weighted by molar-refractivity contribution is -0.134. The van der Waals surface area contributed by atoms with Crippen molar-refractivity contribution < 1.29 is 14.3 Å². The summed E-state index contributed by atoms with van der Waals surface area (Å²) in [7, 11) is 0. The maximum Gasteiger partial charge on any atom is 0.311 e. The summed E-state index contributed by atoms with van der Waals surface area (Å²) in [6.45, 7) is 2.65. The van der Waals surface area contributed by atoms with E-state index in [1.807, 2.05) is 43.3 Å². The number of carbonyl (C=O) groups is 1. The number of esters is 1. The molecule has 34 heavy (non-hydrogen) atoms. The highest BCUT2D eigenvalue weighted by Gasteiger charge is 2.06. The molecule has 3 aromatic carbocycles. The predicted octanol–water partition coefficient (Wildman–Crippen LogP) is 8.08. The van der Waals surface area contributed by atoms with E-state index in [-0.39, 0.29) is 5.97 Å².